The van der Waals surface area contributed by atoms with Crippen molar-refractivity contribution in [1.82, 2.24) is 0 Å². The molecule has 2 nitrogen and oxygen atoms in total. The first-order valence-electron chi connectivity index (χ1n) is 12.3. The van der Waals surface area contributed by atoms with E-state index >= 15 is 0 Å². The number of fused-ring (bicyclic) bond motifs is 5. The number of aliphatic hydroxyl groups is 2. The molecule has 0 saturated carbocycles. The zero-order valence-corrected chi connectivity index (χ0v) is 19.6. The van der Waals surface area contributed by atoms with Gasteiger partial charge in [-0.05, 0) is 78.2 Å². The van der Waals surface area contributed by atoms with Gasteiger partial charge < -0.3 is 10.2 Å². The lowest BCUT2D eigenvalue weighted by molar-refractivity contribution is 0.174. The molecular weight excluding hydrogens is 440 g/mol. The van der Waals surface area contributed by atoms with Gasteiger partial charge in [-0.15, -0.1) is 0 Å². The van der Waals surface area contributed by atoms with Crippen molar-refractivity contribution >= 4 is 21.5 Å². The van der Waals surface area contributed by atoms with Gasteiger partial charge >= 0.3 is 0 Å². The van der Waals surface area contributed by atoms with Crippen molar-refractivity contribution in [3.05, 3.63) is 144 Å². The van der Waals surface area contributed by atoms with Crippen LogP contribution >= 0.6 is 0 Å². The molecule has 0 saturated heterocycles. The predicted molar refractivity (Wildman–Crippen MR) is 147 cm³/mol. The molecule has 0 spiro atoms. The van der Waals surface area contributed by atoms with Crippen molar-refractivity contribution in [3.63, 3.8) is 0 Å². The smallest absolute Gasteiger partial charge is 0.105 e. The minimum absolute atomic E-state index is 0.757. The zero-order chi connectivity index (χ0) is 24.2. The predicted octanol–water partition coefficient (Wildman–Crippen LogP) is 7.80. The largest absolute Gasteiger partial charge is 0.384 e. The van der Waals surface area contributed by atoms with Gasteiger partial charge in [-0.25, -0.2) is 0 Å². The summed E-state index contributed by atoms with van der Waals surface area (Å²) in [6, 6.07) is 41.4. The molecule has 172 valence electrons. The molecule has 0 aliphatic heterocycles. The van der Waals surface area contributed by atoms with Crippen LogP contribution in [0.25, 0.3) is 43.8 Å². The fourth-order valence-electron chi connectivity index (χ4n) is 5.86. The topological polar surface area (TPSA) is 40.5 Å². The Balaban J connectivity index is 1.43. The Hall–Kier alpha value is -4.24. The summed E-state index contributed by atoms with van der Waals surface area (Å²) in [5, 5.41) is 27.5. The van der Waals surface area contributed by atoms with Gasteiger partial charge in [0.1, 0.15) is 12.2 Å². The van der Waals surface area contributed by atoms with Crippen molar-refractivity contribution < 1.29 is 10.2 Å². The summed E-state index contributed by atoms with van der Waals surface area (Å²) in [7, 11) is 0. The number of aliphatic hydroxyl groups excluding tert-OH is 2. The lowest BCUT2D eigenvalue weighted by Gasteiger charge is -2.30. The maximum absolute atomic E-state index is 11.4. The van der Waals surface area contributed by atoms with Crippen molar-refractivity contribution in [2.75, 3.05) is 0 Å². The minimum atomic E-state index is -0.791. The molecule has 2 heteroatoms. The van der Waals surface area contributed by atoms with E-state index in [0.717, 1.165) is 38.9 Å². The molecule has 2 N–H and O–H groups in total. The number of benzene rings is 6. The van der Waals surface area contributed by atoms with Crippen molar-refractivity contribution in [2.45, 2.75) is 12.2 Å². The van der Waals surface area contributed by atoms with E-state index in [1.54, 1.807) is 0 Å². The summed E-state index contributed by atoms with van der Waals surface area (Å²) >= 11 is 0. The fourth-order valence-corrected chi connectivity index (χ4v) is 5.86. The molecule has 7 rings (SSSR count). The third-order valence-electron chi connectivity index (χ3n) is 7.55. The summed E-state index contributed by atoms with van der Waals surface area (Å²) in [4.78, 5) is 0. The third-order valence-corrected chi connectivity index (χ3v) is 7.55. The van der Waals surface area contributed by atoms with Gasteiger partial charge in [0.25, 0.3) is 0 Å². The molecule has 0 heterocycles. The van der Waals surface area contributed by atoms with Crippen LogP contribution in [-0.4, -0.2) is 10.2 Å². The summed E-state index contributed by atoms with van der Waals surface area (Å²) in [6.07, 6.45) is -1.55. The van der Waals surface area contributed by atoms with Gasteiger partial charge in [0.15, 0.2) is 0 Å². The molecule has 1 aliphatic rings. The minimum Gasteiger partial charge on any atom is -0.384 e. The normalized spacial score (nSPS) is 16.6. The molecule has 0 radical (unpaired) electrons. The number of hydrogen-bond donors (Lipinski definition) is 2. The lowest BCUT2D eigenvalue weighted by atomic mass is 9.78. The van der Waals surface area contributed by atoms with E-state index in [1.165, 1.54) is 27.1 Å². The summed E-state index contributed by atoms with van der Waals surface area (Å²) in [6.45, 7) is 0. The Morgan fingerprint density at radius 1 is 0.417 bits per heavy atom. The Morgan fingerprint density at radius 3 is 1.81 bits per heavy atom. The number of rotatable bonds is 2. The Bertz CT molecular complexity index is 1780. The zero-order valence-electron chi connectivity index (χ0n) is 19.6. The van der Waals surface area contributed by atoms with Gasteiger partial charge in [-0.1, -0.05) is 109 Å². The van der Waals surface area contributed by atoms with E-state index in [2.05, 4.69) is 78.9 Å². The highest BCUT2D eigenvalue weighted by atomic mass is 16.3. The van der Waals surface area contributed by atoms with E-state index in [-0.39, 0.29) is 0 Å². The SMILES string of the molecule is OC1c2ccccc2C(O)c2c(-c3cccc(-c4cc5ccccc5c5ccccc45)c3)cccc21. The lowest BCUT2D eigenvalue weighted by Crippen LogP contribution is -2.18. The molecule has 0 bridgehead atoms. The molecule has 0 fully saturated rings. The molecule has 2 unspecified atom stereocenters. The average Bonchev–Trinajstić information content (AvgIpc) is 2.95. The molecule has 1 aliphatic carbocycles. The van der Waals surface area contributed by atoms with Crippen molar-refractivity contribution in [2.24, 2.45) is 0 Å². The second-order valence-corrected chi connectivity index (χ2v) is 9.51. The molecule has 6 aromatic carbocycles. The van der Waals surface area contributed by atoms with Crippen LogP contribution in [0.2, 0.25) is 0 Å². The highest BCUT2D eigenvalue weighted by Gasteiger charge is 2.31. The molecule has 6 aromatic rings. The van der Waals surface area contributed by atoms with Gasteiger partial charge in [0, 0.05) is 0 Å². The van der Waals surface area contributed by atoms with Crippen LogP contribution in [0.5, 0.6) is 0 Å². The molecule has 36 heavy (non-hydrogen) atoms. The summed E-state index contributed by atoms with van der Waals surface area (Å²) in [5.74, 6) is 0. The maximum Gasteiger partial charge on any atom is 0.105 e. The van der Waals surface area contributed by atoms with Gasteiger partial charge in [0.05, 0.1) is 0 Å². The van der Waals surface area contributed by atoms with E-state index in [4.69, 9.17) is 0 Å². The van der Waals surface area contributed by atoms with Crippen LogP contribution in [-0.2, 0) is 0 Å². The standard InChI is InChI=1S/C34H24O2/c35-33-28-15-5-6-16-29(28)34(36)32-25(17-8-18-30(32)33)21-10-7-11-22(19-21)31-20-23-9-1-2-12-24(23)26-13-3-4-14-27(26)31/h1-20,33-36H. The molecule has 2 atom stereocenters. The van der Waals surface area contributed by atoms with E-state index in [0.29, 0.717) is 0 Å². The van der Waals surface area contributed by atoms with Crippen LogP contribution in [0.3, 0.4) is 0 Å². The van der Waals surface area contributed by atoms with E-state index in [9.17, 15) is 10.2 Å². The van der Waals surface area contributed by atoms with Gasteiger partial charge in [0.2, 0.25) is 0 Å². The van der Waals surface area contributed by atoms with Gasteiger partial charge in [-0.2, -0.15) is 0 Å². The highest BCUT2D eigenvalue weighted by molar-refractivity contribution is 6.13. The Morgan fingerprint density at radius 2 is 1.00 bits per heavy atom. The molecule has 0 amide bonds. The van der Waals surface area contributed by atoms with E-state index in [1.807, 2.05) is 42.5 Å². The Labute approximate surface area is 209 Å². The van der Waals surface area contributed by atoms with Crippen LogP contribution in [0.15, 0.2) is 121 Å². The average molecular weight is 465 g/mol. The van der Waals surface area contributed by atoms with Crippen LogP contribution in [0.4, 0.5) is 0 Å². The second kappa shape index (κ2) is 8.17. The second-order valence-electron chi connectivity index (χ2n) is 9.51. The maximum atomic E-state index is 11.4. The van der Waals surface area contributed by atoms with Crippen LogP contribution in [0.1, 0.15) is 34.5 Å². The molecular formula is C34H24O2. The van der Waals surface area contributed by atoms with Crippen molar-refractivity contribution in [1.29, 1.82) is 0 Å². The Kier molecular flexibility index (Phi) is 4.78. The van der Waals surface area contributed by atoms with Crippen LogP contribution < -0.4 is 0 Å². The van der Waals surface area contributed by atoms with Gasteiger partial charge in [-0.3, -0.25) is 0 Å². The number of hydrogen-bond acceptors (Lipinski definition) is 2. The molecule has 0 aromatic heterocycles. The fraction of sp³-hybridized carbons (Fsp3) is 0.0588. The summed E-state index contributed by atoms with van der Waals surface area (Å²) in [5.41, 5.74) is 7.35. The first-order valence-corrected chi connectivity index (χ1v) is 12.3. The third kappa shape index (κ3) is 3.12. The monoisotopic (exact) mass is 464 g/mol. The highest BCUT2D eigenvalue weighted by Crippen LogP contribution is 2.45. The van der Waals surface area contributed by atoms with E-state index < -0.39 is 12.2 Å². The van der Waals surface area contributed by atoms with Crippen molar-refractivity contribution in [3.8, 4) is 22.3 Å². The first kappa shape index (κ1) is 21.1. The quantitative estimate of drug-likeness (QED) is 0.257. The van der Waals surface area contributed by atoms with Crippen LogP contribution in [0, 0.1) is 0 Å². The first-order chi connectivity index (χ1) is 17.7. The summed E-state index contributed by atoms with van der Waals surface area (Å²) < 4.78 is 0.